The average Bonchev–Trinajstić information content (AvgIpc) is 2.60. The number of nitriles is 3. The van der Waals surface area contributed by atoms with Crippen molar-refractivity contribution in [1.29, 1.82) is 15.8 Å². The van der Waals surface area contributed by atoms with Crippen LogP contribution in [0.5, 0.6) is 0 Å². The zero-order chi connectivity index (χ0) is 19.3. The van der Waals surface area contributed by atoms with E-state index in [1.165, 1.54) is 25.7 Å². The highest BCUT2D eigenvalue weighted by molar-refractivity contribution is 5.52. The fourth-order valence-corrected chi connectivity index (χ4v) is 2.70. The monoisotopic (exact) mass is 340 g/mol. The zero-order valence-corrected chi connectivity index (χ0v) is 16.4. The summed E-state index contributed by atoms with van der Waals surface area (Å²) in [5.41, 5.74) is 0.615. The lowest BCUT2D eigenvalue weighted by atomic mass is 9.79. The van der Waals surface area contributed by atoms with Crippen molar-refractivity contribution < 1.29 is 0 Å². The third-order valence-electron chi connectivity index (χ3n) is 4.44. The lowest BCUT2D eigenvalue weighted by Gasteiger charge is -2.30. The van der Waals surface area contributed by atoms with Gasteiger partial charge >= 0.3 is 0 Å². The van der Waals surface area contributed by atoms with Crippen LogP contribution in [0.25, 0.3) is 0 Å². The van der Waals surface area contributed by atoms with Gasteiger partial charge in [-0.15, -0.1) is 0 Å². The first-order valence-electron chi connectivity index (χ1n) is 9.20. The zero-order valence-electron chi connectivity index (χ0n) is 16.4. The Morgan fingerprint density at radius 1 is 0.920 bits per heavy atom. The maximum Gasteiger partial charge on any atom is 0.134 e. The predicted octanol–water partition coefficient (Wildman–Crippen LogP) is 5.12. The van der Waals surface area contributed by atoms with Crippen molar-refractivity contribution in [2.24, 2.45) is 5.41 Å². The van der Waals surface area contributed by atoms with Gasteiger partial charge in [0.1, 0.15) is 17.7 Å². The Bertz CT molecular complexity index is 554. The van der Waals surface area contributed by atoms with Crippen molar-refractivity contribution in [2.75, 3.05) is 19.6 Å². The quantitative estimate of drug-likeness (QED) is 0.365. The van der Waals surface area contributed by atoms with Crippen molar-refractivity contribution in [1.82, 2.24) is 4.90 Å². The van der Waals surface area contributed by atoms with Gasteiger partial charge in [0.2, 0.25) is 0 Å². The number of hydrogen-bond acceptors (Lipinski definition) is 4. The average molecular weight is 341 g/mol. The van der Waals surface area contributed by atoms with Crippen LogP contribution in [0.15, 0.2) is 23.3 Å². The summed E-state index contributed by atoms with van der Waals surface area (Å²) in [6.07, 6.45) is 6.25. The number of unbranched alkanes of at least 4 members (excludes halogenated alkanes) is 2. The first-order valence-corrected chi connectivity index (χ1v) is 9.20. The Morgan fingerprint density at radius 3 is 1.84 bits per heavy atom. The molecule has 0 aromatic rings. The minimum Gasteiger partial charge on any atom is -0.303 e. The van der Waals surface area contributed by atoms with Crippen molar-refractivity contribution in [3.05, 3.63) is 23.3 Å². The van der Waals surface area contributed by atoms with Crippen LogP contribution < -0.4 is 0 Å². The normalized spacial score (nSPS) is 10.6. The van der Waals surface area contributed by atoms with Gasteiger partial charge in [-0.2, -0.15) is 15.8 Å². The van der Waals surface area contributed by atoms with Crippen LogP contribution in [0.4, 0.5) is 0 Å². The molecule has 4 heteroatoms. The van der Waals surface area contributed by atoms with E-state index < -0.39 is 0 Å². The molecule has 0 aliphatic carbocycles. The molecule has 0 amide bonds. The summed E-state index contributed by atoms with van der Waals surface area (Å²) >= 11 is 0. The van der Waals surface area contributed by atoms with Gasteiger partial charge in [-0.1, -0.05) is 47.1 Å². The lowest BCUT2D eigenvalue weighted by Crippen LogP contribution is -2.30. The Hall–Kier alpha value is -2.09. The van der Waals surface area contributed by atoms with E-state index in [1.807, 2.05) is 18.2 Å². The highest BCUT2D eigenvalue weighted by Gasteiger charge is 2.24. The minimum absolute atomic E-state index is 0.00782. The van der Waals surface area contributed by atoms with Gasteiger partial charge in [-0.05, 0) is 56.3 Å². The van der Waals surface area contributed by atoms with E-state index in [-0.39, 0.29) is 16.6 Å². The molecule has 0 atom stereocenters. The van der Waals surface area contributed by atoms with Crippen LogP contribution in [0.1, 0.15) is 66.2 Å². The number of rotatable bonds is 12. The fourth-order valence-electron chi connectivity index (χ4n) is 2.70. The molecular weight excluding hydrogens is 308 g/mol. The summed E-state index contributed by atoms with van der Waals surface area (Å²) in [7, 11) is 0. The van der Waals surface area contributed by atoms with E-state index >= 15 is 0 Å². The van der Waals surface area contributed by atoms with Crippen LogP contribution in [-0.4, -0.2) is 24.5 Å². The fraction of sp³-hybridized carbons (Fsp3) is 0.667. The van der Waals surface area contributed by atoms with Crippen molar-refractivity contribution in [3.63, 3.8) is 0 Å². The molecule has 0 spiro atoms. The van der Waals surface area contributed by atoms with Gasteiger partial charge in [0.05, 0.1) is 11.6 Å². The second kappa shape index (κ2) is 12.3. The molecule has 0 aromatic carbocycles. The largest absolute Gasteiger partial charge is 0.303 e. The summed E-state index contributed by atoms with van der Waals surface area (Å²) in [6.45, 7) is 15.6. The molecule has 0 fully saturated rings. The van der Waals surface area contributed by atoms with Crippen LogP contribution >= 0.6 is 0 Å². The van der Waals surface area contributed by atoms with Gasteiger partial charge in [0.25, 0.3) is 0 Å². The van der Waals surface area contributed by atoms with E-state index in [0.717, 1.165) is 26.1 Å². The minimum atomic E-state index is -0.106. The third kappa shape index (κ3) is 9.09. The summed E-state index contributed by atoms with van der Waals surface area (Å²) in [6, 6.07) is 5.81. The van der Waals surface area contributed by atoms with E-state index in [4.69, 9.17) is 15.8 Å². The smallest absolute Gasteiger partial charge is 0.134 e. The third-order valence-corrected chi connectivity index (χ3v) is 4.44. The van der Waals surface area contributed by atoms with Crippen LogP contribution in [-0.2, 0) is 0 Å². The topological polar surface area (TPSA) is 74.6 Å². The van der Waals surface area contributed by atoms with Gasteiger partial charge in [-0.25, -0.2) is 0 Å². The van der Waals surface area contributed by atoms with Crippen LogP contribution in [0, 0.1) is 39.4 Å². The first kappa shape index (κ1) is 22.9. The second-order valence-corrected chi connectivity index (χ2v) is 7.31. The number of nitrogens with zero attached hydrogens (tertiary/aromatic N) is 4. The molecule has 0 bridgehead atoms. The van der Waals surface area contributed by atoms with E-state index in [1.54, 1.807) is 0 Å². The van der Waals surface area contributed by atoms with E-state index in [0.29, 0.717) is 12.0 Å². The Kier molecular flexibility index (Phi) is 11.3. The van der Waals surface area contributed by atoms with Crippen molar-refractivity contribution in [2.45, 2.75) is 66.2 Å². The van der Waals surface area contributed by atoms with Gasteiger partial charge in [-0.3, -0.25) is 0 Å². The molecule has 0 saturated carbocycles. The molecule has 4 nitrogen and oxygen atoms in total. The van der Waals surface area contributed by atoms with Crippen LogP contribution in [0.3, 0.4) is 0 Å². The Balaban J connectivity index is 5.07. The summed E-state index contributed by atoms with van der Waals surface area (Å²) < 4.78 is 0. The van der Waals surface area contributed by atoms with E-state index in [9.17, 15) is 0 Å². The lowest BCUT2D eigenvalue weighted by molar-refractivity contribution is 0.212. The molecule has 0 N–H and O–H groups in total. The van der Waals surface area contributed by atoms with Gasteiger partial charge in [0, 0.05) is 0 Å². The molecule has 0 heterocycles. The Labute approximate surface area is 154 Å². The number of allylic oxidation sites excluding steroid dienone is 3. The SMILES string of the molecule is C=C(C#N)C(CC(C)(C)CCN(CCCC)CCCC)=C(C#N)C#N. The van der Waals surface area contributed by atoms with E-state index in [2.05, 4.69) is 39.2 Å². The summed E-state index contributed by atoms with van der Waals surface area (Å²) in [5, 5.41) is 27.5. The first-order chi connectivity index (χ1) is 11.8. The molecule has 136 valence electrons. The van der Waals surface area contributed by atoms with Crippen LogP contribution in [0.2, 0.25) is 0 Å². The number of hydrogen-bond donors (Lipinski definition) is 0. The predicted molar refractivity (Wildman–Crippen MR) is 102 cm³/mol. The molecule has 0 rings (SSSR count). The Morgan fingerprint density at radius 2 is 1.44 bits per heavy atom. The van der Waals surface area contributed by atoms with Gasteiger partial charge < -0.3 is 4.90 Å². The van der Waals surface area contributed by atoms with Gasteiger partial charge in [0.15, 0.2) is 0 Å². The molecule has 0 aliphatic rings. The molecule has 25 heavy (non-hydrogen) atoms. The molecule has 0 aliphatic heterocycles. The molecule has 0 radical (unpaired) electrons. The highest BCUT2D eigenvalue weighted by atomic mass is 15.1. The molecule has 0 saturated heterocycles. The molecule has 0 unspecified atom stereocenters. The molecular formula is C21H32N4. The summed E-state index contributed by atoms with van der Waals surface area (Å²) in [5.74, 6) is 0. The highest BCUT2D eigenvalue weighted by Crippen LogP contribution is 2.33. The molecule has 0 aromatic heterocycles. The van der Waals surface area contributed by atoms with Crippen molar-refractivity contribution >= 4 is 0 Å². The second-order valence-electron chi connectivity index (χ2n) is 7.31. The maximum atomic E-state index is 9.16. The standard InChI is InChI=1S/C21H32N4/c1-6-8-11-25(12-9-7-2)13-10-21(4,5)14-20(18(3)15-22)19(16-23)17-24/h3,6-14H2,1-2,4-5H3. The van der Waals surface area contributed by atoms with Crippen molar-refractivity contribution in [3.8, 4) is 18.2 Å². The maximum absolute atomic E-state index is 9.16. The summed E-state index contributed by atoms with van der Waals surface area (Å²) in [4.78, 5) is 2.51.